The van der Waals surface area contributed by atoms with Crippen LogP contribution in [0.3, 0.4) is 0 Å². The highest BCUT2D eigenvalue weighted by Gasteiger charge is 2.37. The van der Waals surface area contributed by atoms with E-state index in [1.807, 2.05) is 48.5 Å². The van der Waals surface area contributed by atoms with Gasteiger partial charge >= 0.3 is 5.69 Å². The van der Waals surface area contributed by atoms with E-state index in [1.54, 1.807) is 18.7 Å². The van der Waals surface area contributed by atoms with Crippen LogP contribution in [0.25, 0.3) is 0 Å². The van der Waals surface area contributed by atoms with E-state index in [9.17, 15) is 14.9 Å². The summed E-state index contributed by atoms with van der Waals surface area (Å²) in [6, 6.07) is 15.3. The summed E-state index contributed by atoms with van der Waals surface area (Å²) in [5, 5.41) is 16.7. The van der Waals surface area contributed by atoms with Gasteiger partial charge in [0.1, 0.15) is 0 Å². The Morgan fingerprint density at radius 2 is 1.47 bits per heavy atom. The molecule has 0 atom stereocenters. The van der Waals surface area contributed by atoms with Crippen molar-refractivity contribution in [2.75, 3.05) is 26.2 Å². The molecule has 4 rings (SSSR count). The monoisotopic (exact) mass is 502 g/mol. The first-order chi connectivity index (χ1) is 16.3. The van der Waals surface area contributed by atoms with Crippen molar-refractivity contribution in [3.8, 4) is 0 Å². The molecule has 8 nitrogen and oxygen atoms in total. The molecule has 0 radical (unpaired) electrons. The summed E-state index contributed by atoms with van der Waals surface area (Å²) in [6.45, 7) is 5.46. The maximum Gasteiger partial charge on any atom is 0.344 e. The Labute approximate surface area is 207 Å². The molecule has 1 amide bonds. The van der Waals surface area contributed by atoms with Crippen molar-refractivity contribution in [2.24, 2.45) is 0 Å². The summed E-state index contributed by atoms with van der Waals surface area (Å²) in [5.74, 6) is -0.639. The fourth-order valence-corrected chi connectivity index (χ4v) is 4.48. The predicted octanol–water partition coefficient (Wildman–Crippen LogP) is 5.56. The molecule has 34 heavy (non-hydrogen) atoms. The summed E-state index contributed by atoms with van der Waals surface area (Å²) in [7, 11) is 0. The lowest BCUT2D eigenvalue weighted by Crippen LogP contribution is -2.50. The van der Waals surface area contributed by atoms with Gasteiger partial charge in [0.15, 0.2) is 0 Å². The minimum absolute atomic E-state index is 0.0549. The smallest absolute Gasteiger partial charge is 0.344 e. The van der Waals surface area contributed by atoms with Gasteiger partial charge in [-0.3, -0.25) is 19.8 Å². The van der Waals surface area contributed by atoms with E-state index in [0.717, 1.165) is 11.1 Å². The summed E-state index contributed by atoms with van der Waals surface area (Å²) in [5.41, 5.74) is 1.55. The number of amides is 1. The molecule has 0 aliphatic carbocycles. The standard InChI is InChI=1S/C24H24Cl2N4O4/c1-15(2)23-22(30(32)33)20(27-34-23)24(31)29-13-11-28(12-14-29)21(16-3-7-18(25)8-4-16)17-5-9-19(26)10-6-17/h3-10,15,21H,11-14H2,1-2H3. The Bertz CT molecular complexity index is 1130. The van der Waals surface area contributed by atoms with Crippen LogP contribution in [0.1, 0.15) is 53.2 Å². The van der Waals surface area contributed by atoms with Crippen molar-refractivity contribution >= 4 is 34.8 Å². The Morgan fingerprint density at radius 3 is 1.91 bits per heavy atom. The van der Waals surface area contributed by atoms with Crippen LogP contribution in [0.5, 0.6) is 0 Å². The molecule has 0 saturated carbocycles. The van der Waals surface area contributed by atoms with Crippen molar-refractivity contribution in [2.45, 2.75) is 25.8 Å². The van der Waals surface area contributed by atoms with E-state index in [4.69, 9.17) is 27.7 Å². The van der Waals surface area contributed by atoms with Gasteiger partial charge in [-0.15, -0.1) is 0 Å². The van der Waals surface area contributed by atoms with Crippen LogP contribution < -0.4 is 0 Å². The molecule has 1 aromatic heterocycles. The van der Waals surface area contributed by atoms with Gasteiger partial charge in [0.25, 0.3) is 5.91 Å². The van der Waals surface area contributed by atoms with Crippen LogP contribution >= 0.6 is 23.2 Å². The van der Waals surface area contributed by atoms with E-state index >= 15 is 0 Å². The lowest BCUT2D eigenvalue weighted by atomic mass is 9.96. The number of hydrogen-bond donors (Lipinski definition) is 0. The first kappa shape index (κ1) is 24.2. The number of carbonyl (C=O) groups excluding carboxylic acids is 1. The van der Waals surface area contributed by atoms with Crippen molar-refractivity contribution in [3.05, 3.63) is 91.3 Å². The Hall–Kier alpha value is -2.94. The molecular formula is C24H24Cl2N4O4. The van der Waals surface area contributed by atoms with E-state index in [-0.39, 0.29) is 29.1 Å². The van der Waals surface area contributed by atoms with Gasteiger partial charge in [0, 0.05) is 42.1 Å². The number of halogens is 2. The third-order valence-corrected chi connectivity index (χ3v) is 6.44. The number of benzene rings is 2. The number of piperazine rings is 1. The summed E-state index contributed by atoms with van der Waals surface area (Å²) < 4.78 is 5.15. The molecule has 1 aliphatic rings. The van der Waals surface area contributed by atoms with Crippen LogP contribution in [-0.2, 0) is 0 Å². The Balaban J connectivity index is 1.55. The maximum absolute atomic E-state index is 13.1. The molecule has 0 bridgehead atoms. The molecule has 3 aromatic rings. The third kappa shape index (κ3) is 4.94. The SMILES string of the molecule is CC(C)c1onc(C(=O)N2CCN(C(c3ccc(Cl)cc3)c3ccc(Cl)cc3)CC2)c1[N+](=O)[O-]. The minimum atomic E-state index is -0.591. The highest BCUT2D eigenvalue weighted by Crippen LogP contribution is 2.33. The average molecular weight is 503 g/mol. The first-order valence-electron chi connectivity index (χ1n) is 10.9. The van der Waals surface area contributed by atoms with Crippen LogP contribution in [0.4, 0.5) is 5.69 Å². The van der Waals surface area contributed by atoms with Gasteiger partial charge in [-0.1, -0.05) is 66.5 Å². The van der Waals surface area contributed by atoms with Gasteiger partial charge in [-0.2, -0.15) is 0 Å². The molecule has 10 heteroatoms. The second kappa shape index (κ2) is 10.1. The van der Waals surface area contributed by atoms with E-state index in [0.29, 0.717) is 36.2 Å². The summed E-state index contributed by atoms with van der Waals surface area (Å²) in [4.78, 5) is 28.0. The zero-order valence-corrected chi connectivity index (χ0v) is 20.3. The average Bonchev–Trinajstić information content (AvgIpc) is 3.28. The molecule has 178 valence electrons. The fourth-order valence-electron chi connectivity index (χ4n) is 4.23. The molecule has 2 heterocycles. The van der Waals surface area contributed by atoms with Gasteiger partial charge in [-0.05, 0) is 35.4 Å². The van der Waals surface area contributed by atoms with Crippen LogP contribution in [0.15, 0.2) is 53.1 Å². The maximum atomic E-state index is 13.1. The number of rotatable bonds is 6. The van der Waals surface area contributed by atoms with Crippen LogP contribution in [0, 0.1) is 10.1 Å². The molecule has 1 fully saturated rings. The van der Waals surface area contributed by atoms with Crippen molar-refractivity contribution < 1.29 is 14.2 Å². The molecule has 1 aliphatic heterocycles. The lowest BCUT2D eigenvalue weighted by Gasteiger charge is -2.39. The Morgan fingerprint density at radius 1 is 0.971 bits per heavy atom. The van der Waals surface area contributed by atoms with Crippen LogP contribution in [-0.4, -0.2) is 52.0 Å². The van der Waals surface area contributed by atoms with E-state index < -0.39 is 10.8 Å². The molecule has 1 saturated heterocycles. The second-order valence-corrected chi connectivity index (χ2v) is 9.36. The normalized spacial score (nSPS) is 14.7. The molecular weight excluding hydrogens is 479 g/mol. The van der Waals surface area contributed by atoms with Gasteiger partial charge in [-0.25, -0.2) is 0 Å². The molecule has 0 unspecified atom stereocenters. The van der Waals surface area contributed by atoms with E-state index in [2.05, 4.69) is 10.1 Å². The number of carbonyl (C=O) groups is 1. The van der Waals surface area contributed by atoms with Crippen molar-refractivity contribution in [3.63, 3.8) is 0 Å². The highest BCUT2D eigenvalue weighted by atomic mass is 35.5. The fraction of sp³-hybridized carbons (Fsp3) is 0.333. The van der Waals surface area contributed by atoms with Gasteiger partial charge in [0.05, 0.1) is 11.0 Å². The molecule has 0 spiro atoms. The van der Waals surface area contributed by atoms with Gasteiger partial charge < -0.3 is 9.42 Å². The second-order valence-electron chi connectivity index (χ2n) is 8.49. The highest BCUT2D eigenvalue weighted by molar-refractivity contribution is 6.30. The first-order valence-corrected chi connectivity index (χ1v) is 11.7. The van der Waals surface area contributed by atoms with Gasteiger partial charge in [0.2, 0.25) is 11.5 Å². The number of nitro groups is 1. The van der Waals surface area contributed by atoms with E-state index in [1.165, 1.54) is 0 Å². The third-order valence-electron chi connectivity index (χ3n) is 5.94. The zero-order chi connectivity index (χ0) is 24.4. The topological polar surface area (TPSA) is 92.7 Å². The largest absolute Gasteiger partial charge is 0.353 e. The molecule has 0 N–H and O–H groups in total. The number of hydrogen-bond acceptors (Lipinski definition) is 6. The van der Waals surface area contributed by atoms with Crippen molar-refractivity contribution in [1.82, 2.24) is 15.0 Å². The zero-order valence-electron chi connectivity index (χ0n) is 18.8. The number of aromatic nitrogens is 1. The summed E-state index contributed by atoms with van der Waals surface area (Å²) >= 11 is 12.2. The van der Waals surface area contributed by atoms with Crippen molar-refractivity contribution in [1.29, 1.82) is 0 Å². The Kier molecular flexibility index (Phi) is 7.21. The number of nitrogens with zero attached hydrogens (tertiary/aromatic N) is 4. The summed E-state index contributed by atoms with van der Waals surface area (Å²) in [6.07, 6.45) is 0. The quantitative estimate of drug-likeness (QED) is 0.323. The predicted molar refractivity (Wildman–Crippen MR) is 129 cm³/mol. The van der Waals surface area contributed by atoms with Crippen LogP contribution in [0.2, 0.25) is 10.0 Å². The lowest BCUT2D eigenvalue weighted by molar-refractivity contribution is -0.386. The minimum Gasteiger partial charge on any atom is -0.353 e. The molecule has 2 aromatic carbocycles.